The Hall–Kier alpha value is -3.91. The lowest BCUT2D eigenvalue weighted by Gasteiger charge is -2.10. The van der Waals surface area contributed by atoms with Crippen LogP contribution in [0.25, 0.3) is 33.3 Å². The Bertz CT molecular complexity index is 1480. The second-order valence-corrected chi connectivity index (χ2v) is 7.32. The number of hydrogen-bond acceptors (Lipinski definition) is 4. The van der Waals surface area contributed by atoms with E-state index in [1.165, 1.54) is 18.6 Å². The number of halogens is 3. The summed E-state index contributed by atoms with van der Waals surface area (Å²) >= 11 is 5.36. The maximum absolute atomic E-state index is 15.0. The number of aromatic nitrogens is 4. The minimum Gasteiger partial charge on any atom is -0.311 e. The molecular weight excluding hydrogens is 436 g/mol. The van der Waals surface area contributed by atoms with Crippen LogP contribution in [0.5, 0.6) is 0 Å². The van der Waals surface area contributed by atoms with E-state index in [2.05, 4.69) is 19.8 Å². The largest absolute Gasteiger partial charge is 0.311 e. The van der Waals surface area contributed by atoms with Gasteiger partial charge in [-0.3, -0.25) is 14.6 Å². The average molecular weight is 450 g/mol. The number of nitrogens with zero attached hydrogens (tertiary/aromatic N) is 4. The smallest absolute Gasteiger partial charge is 0.265 e. The van der Waals surface area contributed by atoms with E-state index >= 15 is 4.39 Å². The molecule has 0 atom stereocenters. The lowest BCUT2D eigenvalue weighted by Crippen LogP contribution is -2.11. The van der Waals surface area contributed by atoms with Crippen LogP contribution in [0.2, 0.25) is 0 Å². The zero-order valence-electron chi connectivity index (χ0n) is 16.4. The fraction of sp³-hybridized carbons (Fsp3) is 0.0435. The molecule has 0 fully saturated rings. The fourth-order valence-electron chi connectivity index (χ4n) is 3.57. The number of pyridine rings is 2. The molecule has 3 aromatic heterocycles. The Morgan fingerprint density at radius 1 is 1.03 bits per heavy atom. The molecule has 5 aromatic rings. The zero-order valence-corrected chi connectivity index (χ0v) is 17.1. The molecule has 3 heterocycles. The van der Waals surface area contributed by atoms with Crippen LogP contribution in [0.15, 0.2) is 67.1 Å². The van der Waals surface area contributed by atoms with E-state index in [0.29, 0.717) is 22.4 Å². The molecule has 158 valence electrons. The molecule has 0 bridgehead atoms. The first-order valence-corrected chi connectivity index (χ1v) is 9.98. The molecule has 0 aliphatic rings. The summed E-state index contributed by atoms with van der Waals surface area (Å²) in [5.41, 5.74) is 3.04. The standard InChI is InChI=1S/C23H14ClF2N5O/c24-30-23(32)14-5-3-13(4-6-14)18-7-8-19-22(29-18)31(12-28-19)11-16-17(25)10-20-15(21(16)26)2-1-9-27-20/h1-10,12H,11H2,(H,30,32). The Labute approximate surface area is 185 Å². The summed E-state index contributed by atoms with van der Waals surface area (Å²) < 4.78 is 31.3. The van der Waals surface area contributed by atoms with Gasteiger partial charge in [-0.05, 0) is 36.4 Å². The first-order valence-electron chi connectivity index (χ1n) is 9.60. The van der Waals surface area contributed by atoms with Crippen molar-refractivity contribution in [1.82, 2.24) is 24.4 Å². The van der Waals surface area contributed by atoms with Gasteiger partial charge in [-0.1, -0.05) is 12.1 Å². The summed E-state index contributed by atoms with van der Waals surface area (Å²) in [7, 11) is 0. The van der Waals surface area contributed by atoms with Crippen molar-refractivity contribution in [3.05, 3.63) is 89.9 Å². The minimum absolute atomic E-state index is 0.0791. The summed E-state index contributed by atoms with van der Waals surface area (Å²) in [6, 6.07) is 14.7. The molecule has 9 heteroatoms. The highest BCUT2D eigenvalue weighted by atomic mass is 35.5. The lowest BCUT2D eigenvalue weighted by molar-refractivity contribution is 0.0982. The van der Waals surface area contributed by atoms with Gasteiger partial charge in [0.1, 0.15) is 17.2 Å². The molecule has 1 N–H and O–H groups in total. The third kappa shape index (κ3) is 3.44. The molecule has 0 unspecified atom stereocenters. The first-order chi connectivity index (χ1) is 15.5. The van der Waals surface area contributed by atoms with Gasteiger partial charge >= 0.3 is 0 Å². The van der Waals surface area contributed by atoms with Crippen molar-refractivity contribution in [3.63, 3.8) is 0 Å². The van der Waals surface area contributed by atoms with Gasteiger partial charge in [0.15, 0.2) is 5.65 Å². The number of amides is 1. The van der Waals surface area contributed by atoms with Gasteiger partial charge in [-0.2, -0.15) is 0 Å². The number of carbonyl (C=O) groups is 1. The molecule has 0 saturated heterocycles. The predicted molar refractivity (Wildman–Crippen MR) is 117 cm³/mol. The number of carbonyl (C=O) groups excluding carboxylic acids is 1. The van der Waals surface area contributed by atoms with Crippen molar-refractivity contribution in [2.75, 3.05) is 0 Å². The maximum atomic E-state index is 15.0. The number of imidazole rings is 1. The van der Waals surface area contributed by atoms with Crippen molar-refractivity contribution in [2.45, 2.75) is 6.54 Å². The molecule has 2 aromatic carbocycles. The Balaban J connectivity index is 1.54. The molecule has 5 rings (SSSR count). The van der Waals surface area contributed by atoms with Gasteiger partial charge in [-0.25, -0.2) is 18.7 Å². The number of hydrogen-bond donors (Lipinski definition) is 1. The number of benzene rings is 2. The fourth-order valence-corrected chi connectivity index (χ4v) is 3.68. The molecule has 32 heavy (non-hydrogen) atoms. The number of nitrogens with one attached hydrogen (secondary N) is 1. The summed E-state index contributed by atoms with van der Waals surface area (Å²) in [5, 5.41) is 0.253. The molecule has 0 saturated carbocycles. The van der Waals surface area contributed by atoms with E-state index < -0.39 is 17.5 Å². The number of rotatable bonds is 4. The molecule has 0 aliphatic heterocycles. The summed E-state index contributed by atoms with van der Waals surface area (Å²) in [6.45, 7) is -0.0791. The van der Waals surface area contributed by atoms with Gasteiger partial charge in [-0.15, -0.1) is 0 Å². The second kappa shape index (κ2) is 7.97. The minimum atomic E-state index is -0.681. The van der Waals surface area contributed by atoms with Crippen LogP contribution < -0.4 is 4.84 Å². The molecule has 1 amide bonds. The summed E-state index contributed by atoms with van der Waals surface area (Å²) in [4.78, 5) is 26.6. The van der Waals surface area contributed by atoms with Crippen molar-refractivity contribution in [1.29, 1.82) is 0 Å². The third-order valence-electron chi connectivity index (χ3n) is 5.21. The van der Waals surface area contributed by atoms with Gasteiger partial charge in [0.05, 0.1) is 24.1 Å². The Morgan fingerprint density at radius 2 is 1.84 bits per heavy atom. The van der Waals surface area contributed by atoms with E-state index in [1.807, 2.05) is 0 Å². The van der Waals surface area contributed by atoms with Crippen LogP contribution in [0, 0.1) is 11.6 Å². The van der Waals surface area contributed by atoms with Crippen molar-refractivity contribution in [3.8, 4) is 11.3 Å². The SMILES string of the molecule is O=C(NCl)c1ccc(-c2ccc3ncn(Cc4c(F)cc5ncccc5c4F)c3n2)cc1. The molecule has 0 aliphatic carbocycles. The third-order valence-corrected chi connectivity index (χ3v) is 5.38. The quantitative estimate of drug-likeness (QED) is 0.398. The summed E-state index contributed by atoms with van der Waals surface area (Å²) in [5.74, 6) is -1.74. The molecule has 0 spiro atoms. The molecule has 0 radical (unpaired) electrons. The lowest BCUT2D eigenvalue weighted by atomic mass is 10.1. The second-order valence-electron chi connectivity index (χ2n) is 7.13. The van der Waals surface area contributed by atoms with Crippen molar-refractivity contribution >= 4 is 39.8 Å². The summed E-state index contributed by atoms with van der Waals surface area (Å²) in [6.07, 6.45) is 2.99. The van der Waals surface area contributed by atoms with Crippen LogP contribution in [-0.4, -0.2) is 25.4 Å². The Morgan fingerprint density at radius 3 is 2.62 bits per heavy atom. The normalized spacial score (nSPS) is 11.2. The van der Waals surface area contributed by atoms with E-state index in [-0.39, 0.29) is 23.0 Å². The van der Waals surface area contributed by atoms with E-state index in [4.69, 9.17) is 11.8 Å². The van der Waals surface area contributed by atoms with Crippen LogP contribution in [0.3, 0.4) is 0 Å². The van der Waals surface area contributed by atoms with Crippen LogP contribution in [-0.2, 0) is 6.54 Å². The highest BCUT2D eigenvalue weighted by Crippen LogP contribution is 2.26. The monoisotopic (exact) mass is 449 g/mol. The highest BCUT2D eigenvalue weighted by molar-refractivity contribution is 6.24. The first kappa shape index (κ1) is 20.0. The van der Waals surface area contributed by atoms with E-state index in [9.17, 15) is 9.18 Å². The van der Waals surface area contributed by atoms with Crippen LogP contribution >= 0.6 is 11.8 Å². The predicted octanol–water partition coefficient (Wildman–Crippen LogP) is 4.86. The molecular formula is C23H14ClF2N5O. The van der Waals surface area contributed by atoms with E-state index in [0.717, 1.165) is 5.56 Å². The van der Waals surface area contributed by atoms with Crippen LogP contribution in [0.4, 0.5) is 8.78 Å². The highest BCUT2D eigenvalue weighted by Gasteiger charge is 2.17. The Kier molecular flexibility index (Phi) is 4.99. The average Bonchev–Trinajstić information content (AvgIpc) is 3.23. The van der Waals surface area contributed by atoms with Gasteiger partial charge in [0, 0.05) is 46.1 Å². The van der Waals surface area contributed by atoms with Crippen molar-refractivity contribution in [2.24, 2.45) is 0 Å². The zero-order chi connectivity index (χ0) is 22.2. The topological polar surface area (TPSA) is 72.7 Å². The van der Waals surface area contributed by atoms with Crippen molar-refractivity contribution < 1.29 is 13.6 Å². The van der Waals surface area contributed by atoms with Gasteiger partial charge in [0.2, 0.25) is 0 Å². The van der Waals surface area contributed by atoms with Gasteiger partial charge in [0.25, 0.3) is 5.91 Å². The maximum Gasteiger partial charge on any atom is 0.265 e. The molecule has 6 nitrogen and oxygen atoms in total. The van der Waals surface area contributed by atoms with Gasteiger partial charge < -0.3 is 4.57 Å². The van der Waals surface area contributed by atoms with E-state index in [1.54, 1.807) is 53.1 Å². The van der Waals surface area contributed by atoms with Crippen LogP contribution in [0.1, 0.15) is 15.9 Å². The number of fused-ring (bicyclic) bond motifs is 2.